The quantitative estimate of drug-likeness (QED) is 0.742. The Morgan fingerprint density at radius 2 is 1.74 bits per heavy atom. The summed E-state index contributed by atoms with van der Waals surface area (Å²) in [5.74, 6) is -0.635. The van der Waals surface area contributed by atoms with Gasteiger partial charge in [-0.05, 0) is 46.3 Å². The first-order chi connectivity index (χ1) is 9.06. The van der Waals surface area contributed by atoms with Gasteiger partial charge in [-0.1, -0.05) is 0 Å². The van der Waals surface area contributed by atoms with Crippen molar-refractivity contribution in [3.8, 4) is 5.69 Å². The summed E-state index contributed by atoms with van der Waals surface area (Å²) >= 11 is 3.33. The number of fused-ring (bicyclic) bond motifs is 1. The number of rotatable bonds is 1. The monoisotopic (exact) mass is 323 g/mol. The Balaban J connectivity index is 2.38. The van der Waals surface area contributed by atoms with Gasteiger partial charge in [0.2, 0.25) is 5.95 Å². The van der Waals surface area contributed by atoms with Gasteiger partial charge in [-0.3, -0.25) is 4.57 Å². The largest absolute Gasteiger partial charge is 0.369 e. The first-order valence-corrected chi connectivity index (χ1v) is 6.24. The van der Waals surface area contributed by atoms with Crippen LogP contribution in [-0.2, 0) is 0 Å². The first kappa shape index (κ1) is 12.1. The molecule has 0 aliphatic heterocycles. The lowest BCUT2D eigenvalue weighted by atomic mass is 10.2. The van der Waals surface area contributed by atoms with Crippen molar-refractivity contribution in [2.45, 2.75) is 0 Å². The van der Waals surface area contributed by atoms with Crippen LogP contribution < -0.4 is 5.73 Å². The molecule has 0 bridgehead atoms. The maximum Gasteiger partial charge on any atom is 0.205 e. The molecule has 1 aromatic heterocycles. The van der Waals surface area contributed by atoms with E-state index in [-0.39, 0.29) is 5.95 Å². The number of nitrogens with zero attached hydrogens (tertiary/aromatic N) is 2. The first-order valence-electron chi connectivity index (χ1n) is 5.45. The van der Waals surface area contributed by atoms with Crippen molar-refractivity contribution in [3.05, 3.63) is 52.5 Å². The van der Waals surface area contributed by atoms with Gasteiger partial charge in [0, 0.05) is 10.5 Å². The highest BCUT2D eigenvalue weighted by atomic mass is 79.9. The van der Waals surface area contributed by atoms with Crippen molar-refractivity contribution in [1.29, 1.82) is 0 Å². The predicted octanol–water partition coefficient (Wildman–Crippen LogP) is 3.65. The Labute approximate surface area is 115 Å². The third-order valence-electron chi connectivity index (χ3n) is 2.79. The fraction of sp³-hybridized carbons (Fsp3) is 0. The average Bonchev–Trinajstić information content (AvgIpc) is 2.68. The molecule has 3 rings (SSSR count). The zero-order valence-corrected chi connectivity index (χ0v) is 11.2. The Kier molecular flexibility index (Phi) is 2.74. The number of aromatic nitrogens is 2. The number of nitrogen functional groups attached to an aromatic ring is 1. The second kappa shape index (κ2) is 4.31. The number of imidazole rings is 1. The smallest absolute Gasteiger partial charge is 0.205 e. The van der Waals surface area contributed by atoms with Gasteiger partial charge >= 0.3 is 0 Å². The minimum Gasteiger partial charge on any atom is -0.369 e. The van der Waals surface area contributed by atoms with E-state index in [0.717, 1.165) is 0 Å². The SMILES string of the molecule is Nc1nc2ccc(F)cc2n1-c1cc(F)ccc1Br. The van der Waals surface area contributed by atoms with Crippen LogP contribution in [-0.4, -0.2) is 9.55 Å². The Hall–Kier alpha value is -1.95. The van der Waals surface area contributed by atoms with E-state index in [0.29, 0.717) is 21.2 Å². The summed E-state index contributed by atoms with van der Waals surface area (Å²) in [5, 5.41) is 0. The standard InChI is InChI=1S/C13H8BrF2N3/c14-9-3-1-7(15)5-11(9)19-12-6-8(16)2-4-10(12)18-13(19)17/h1-6H,(H2,17,18). The van der Waals surface area contributed by atoms with Crippen LogP contribution in [0.3, 0.4) is 0 Å². The van der Waals surface area contributed by atoms with E-state index in [1.54, 1.807) is 6.07 Å². The Morgan fingerprint density at radius 3 is 2.53 bits per heavy atom. The second-order valence-electron chi connectivity index (χ2n) is 4.03. The summed E-state index contributed by atoms with van der Waals surface area (Å²) in [4.78, 5) is 4.13. The summed E-state index contributed by atoms with van der Waals surface area (Å²) < 4.78 is 28.9. The van der Waals surface area contributed by atoms with Gasteiger partial charge in [-0.15, -0.1) is 0 Å². The third-order valence-corrected chi connectivity index (χ3v) is 3.46. The lowest BCUT2D eigenvalue weighted by Crippen LogP contribution is -2.02. The molecule has 1 heterocycles. The predicted molar refractivity (Wildman–Crippen MR) is 73.1 cm³/mol. The van der Waals surface area contributed by atoms with Gasteiger partial charge in [-0.2, -0.15) is 0 Å². The summed E-state index contributed by atoms with van der Waals surface area (Å²) in [7, 11) is 0. The number of anilines is 1. The number of halogens is 3. The lowest BCUT2D eigenvalue weighted by Gasteiger charge is -2.09. The molecular formula is C13H8BrF2N3. The maximum absolute atomic E-state index is 13.4. The van der Waals surface area contributed by atoms with E-state index in [1.807, 2.05) is 0 Å². The van der Waals surface area contributed by atoms with E-state index in [1.165, 1.54) is 34.9 Å². The van der Waals surface area contributed by atoms with Crippen molar-refractivity contribution in [2.75, 3.05) is 5.73 Å². The molecule has 2 N–H and O–H groups in total. The van der Waals surface area contributed by atoms with Gasteiger partial charge in [0.05, 0.1) is 16.7 Å². The minimum atomic E-state index is -0.407. The number of hydrogen-bond acceptors (Lipinski definition) is 2. The molecule has 0 aliphatic carbocycles. The van der Waals surface area contributed by atoms with E-state index in [4.69, 9.17) is 5.73 Å². The Morgan fingerprint density at radius 1 is 1.05 bits per heavy atom. The van der Waals surface area contributed by atoms with Crippen LogP contribution >= 0.6 is 15.9 Å². The molecule has 0 aliphatic rings. The molecule has 96 valence electrons. The molecule has 3 aromatic rings. The summed E-state index contributed by atoms with van der Waals surface area (Å²) in [6, 6.07) is 8.35. The lowest BCUT2D eigenvalue weighted by molar-refractivity contribution is 0.626. The molecule has 3 nitrogen and oxygen atoms in total. The zero-order valence-electron chi connectivity index (χ0n) is 9.57. The van der Waals surface area contributed by atoms with Crippen LogP contribution in [0.5, 0.6) is 0 Å². The minimum absolute atomic E-state index is 0.173. The second-order valence-corrected chi connectivity index (χ2v) is 4.89. The van der Waals surface area contributed by atoms with E-state index < -0.39 is 11.6 Å². The fourth-order valence-corrected chi connectivity index (χ4v) is 2.40. The van der Waals surface area contributed by atoms with Crippen molar-refractivity contribution in [1.82, 2.24) is 9.55 Å². The van der Waals surface area contributed by atoms with Gasteiger partial charge in [0.25, 0.3) is 0 Å². The van der Waals surface area contributed by atoms with Crippen LogP contribution in [0.1, 0.15) is 0 Å². The average molecular weight is 324 g/mol. The molecule has 0 saturated heterocycles. The van der Waals surface area contributed by atoms with Crippen LogP contribution in [0, 0.1) is 11.6 Å². The van der Waals surface area contributed by atoms with Crippen molar-refractivity contribution < 1.29 is 8.78 Å². The number of benzene rings is 2. The van der Waals surface area contributed by atoms with Crippen LogP contribution in [0.2, 0.25) is 0 Å². The molecule has 19 heavy (non-hydrogen) atoms. The highest BCUT2D eigenvalue weighted by molar-refractivity contribution is 9.10. The highest BCUT2D eigenvalue weighted by Crippen LogP contribution is 2.29. The molecule has 0 saturated carbocycles. The molecule has 2 aromatic carbocycles. The zero-order chi connectivity index (χ0) is 13.6. The normalized spacial score (nSPS) is 11.1. The van der Waals surface area contributed by atoms with E-state index in [2.05, 4.69) is 20.9 Å². The number of nitrogens with two attached hydrogens (primary N) is 1. The summed E-state index contributed by atoms with van der Waals surface area (Å²) in [6.07, 6.45) is 0. The van der Waals surface area contributed by atoms with Crippen molar-refractivity contribution >= 4 is 32.9 Å². The maximum atomic E-state index is 13.4. The molecule has 0 spiro atoms. The summed E-state index contributed by atoms with van der Waals surface area (Å²) in [5.41, 5.74) is 7.36. The van der Waals surface area contributed by atoms with Gasteiger partial charge in [0.15, 0.2) is 0 Å². The van der Waals surface area contributed by atoms with Gasteiger partial charge < -0.3 is 5.73 Å². The van der Waals surface area contributed by atoms with Gasteiger partial charge in [0.1, 0.15) is 11.6 Å². The molecule has 0 fully saturated rings. The third kappa shape index (κ3) is 1.98. The Bertz CT molecular complexity index is 783. The van der Waals surface area contributed by atoms with Crippen molar-refractivity contribution in [2.24, 2.45) is 0 Å². The van der Waals surface area contributed by atoms with E-state index >= 15 is 0 Å². The molecule has 0 unspecified atom stereocenters. The fourth-order valence-electron chi connectivity index (χ4n) is 1.98. The van der Waals surface area contributed by atoms with Crippen LogP contribution in [0.25, 0.3) is 16.7 Å². The summed E-state index contributed by atoms with van der Waals surface area (Å²) in [6.45, 7) is 0. The topological polar surface area (TPSA) is 43.8 Å². The van der Waals surface area contributed by atoms with Crippen molar-refractivity contribution in [3.63, 3.8) is 0 Å². The van der Waals surface area contributed by atoms with Gasteiger partial charge in [-0.25, -0.2) is 13.8 Å². The molecule has 6 heteroatoms. The highest BCUT2D eigenvalue weighted by Gasteiger charge is 2.13. The van der Waals surface area contributed by atoms with Crippen LogP contribution in [0.15, 0.2) is 40.9 Å². The molecule has 0 amide bonds. The molecule has 0 atom stereocenters. The molecule has 0 radical (unpaired) electrons. The van der Waals surface area contributed by atoms with Crippen LogP contribution in [0.4, 0.5) is 14.7 Å². The number of hydrogen-bond donors (Lipinski definition) is 1. The van der Waals surface area contributed by atoms with E-state index in [9.17, 15) is 8.78 Å². The molecular weight excluding hydrogens is 316 g/mol.